The summed E-state index contributed by atoms with van der Waals surface area (Å²) in [7, 11) is 6.63. The number of hydrogen-bond donors (Lipinski definition) is 0. The zero-order valence-corrected chi connectivity index (χ0v) is 15.5. The van der Waals surface area contributed by atoms with Gasteiger partial charge in [-0.05, 0) is 41.3 Å². The summed E-state index contributed by atoms with van der Waals surface area (Å²) in [6.45, 7) is 0. The van der Waals surface area contributed by atoms with Crippen molar-refractivity contribution in [3.05, 3.63) is 77.4 Å². The first-order chi connectivity index (χ1) is 12.7. The van der Waals surface area contributed by atoms with E-state index in [9.17, 15) is 0 Å². The van der Waals surface area contributed by atoms with E-state index in [1.165, 1.54) is 5.56 Å². The van der Waals surface area contributed by atoms with Crippen molar-refractivity contribution in [1.82, 2.24) is 0 Å². The molecule has 4 nitrogen and oxygen atoms in total. The monoisotopic (exact) mass is 351 g/mol. The van der Waals surface area contributed by atoms with Gasteiger partial charge in [-0.15, -0.1) is 0 Å². The van der Waals surface area contributed by atoms with Crippen LogP contribution in [0, 0.1) is 0 Å². The van der Waals surface area contributed by atoms with E-state index >= 15 is 0 Å². The second kappa shape index (κ2) is 7.91. The van der Waals surface area contributed by atoms with E-state index in [-0.39, 0.29) is 5.92 Å². The molecule has 0 amide bonds. The highest BCUT2D eigenvalue weighted by atomic mass is 16.5. The first-order valence-electron chi connectivity index (χ1n) is 8.36. The molecule has 0 spiro atoms. The third-order valence-electron chi connectivity index (χ3n) is 4.44. The molecule has 3 aromatic rings. The minimum atomic E-state index is -0.00185. The number of benzene rings is 2. The summed E-state index contributed by atoms with van der Waals surface area (Å²) in [5, 5.41) is 0. The van der Waals surface area contributed by atoms with Crippen LogP contribution >= 0.6 is 0 Å². The van der Waals surface area contributed by atoms with Crippen molar-refractivity contribution in [2.75, 3.05) is 28.4 Å². The fraction of sp³-hybridized carbons (Fsp3) is 0.227. The molecule has 3 aromatic carbocycles. The van der Waals surface area contributed by atoms with Crippen LogP contribution in [0.1, 0.15) is 22.6 Å². The summed E-state index contributed by atoms with van der Waals surface area (Å²) in [6.07, 6.45) is 0. The van der Waals surface area contributed by atoms with E-state index in [2.05, 4.69) is 12.1 Å². The lowest BCUT2D eigenvalue weighted by Crippen LogP contribution is -2.04. The Balaban J connectivity index is 2.19. The molecule has 136 valence electrons. The number of ether oxygens (including phenoxy) is 4. The Kier molecular flexibility index (Phi) is 5.42. The molecule has 0 aromatic heterocycles. The molecule has 4 heteroatoms. The molecule has 26 heavy (non-hydrogen) atoms. The van der Waals surface area contributed by atoms with Crippen LogP contribution < -0.4 is 18.9 Å². The van der Waals surface area contributed by atoms with Gasteiger partial charge in [-0.3, -0.25) is 0 Å². The first-order valence-corrected chi connectivity index (χ1v) is 8.36. The normalized spacial score (nSPS) is 10.7. The highest BCUT2D eigenvalue weighted by Crippen LogP contribution is 2.39. The fourth-order valence-corrected chi connectivity index (χ4v) is 3.15. The van der Waals surface area contributed by atoms with Gasteiger partial charge in [-0.25, -0.2) is 6.07 Å². The van der Waals surface area contributed by atoms with Crippen molar-refractivity contribution >= 4 is 0 Å². The summed E-state index contributed by atoms with van der Waals surface area (Å²) in [5.74, 6) is 3.02. The molecule has 0 aliphatic rings. The Bertz CT molecular complexity index is 753. The summed E-state index contributed by atoms with van der Waals surface area (Å²) in [5.41, 5.74) is 3.32. The van der Waals surface area contributed by atoms with E-state index in [0.29, 0.717) is 0 Å². The fourth-order valence-electron chi connectivity index (χ4n) is 3.15. The minimum absolute atomic E-state index is 0.00185. The van der Waals surface area contributed by atoms with Crippen LogP contribution in [0.15, 0.2) is 60.7 Å². The lowest BCUT2D eigenvalue weighted by Gasteiger charge is -2.24. The third-order valence-corrected chi connectivity index (χ3v) is 4.44. The standard InChI is InChI=1S/C22H23O4/c1-23-18-9-16(10-19(13-18)24-2)22(15-7-5-6-8-15)17-11-20(25-3)14-21(12-17)26-4/h5-14,22H,1-4H3/q-1. The average molecular weight is 351 g/mol. The molecular weight excluding hydrogens is 328 g/mol. The molecule has 3 rings (SSSR count). The summed E-state index contributed by atoms with van der Waals surface area (Å²) < 4.78 is 21.8. The number of rotatable bonds is 7. The van der Waals surface area contributed by atoms with Gasteiger partial charge in [0.05, 0.1) is 28.4 Å². The molecule has 0 aliphatic carbocycles. The van der Waals surface area contributed by atoms with Gasteiger partial charge in [-0.2, -0.15) is 23.8 Å². The van der Waals surface area contributed by atoms with Crippen molar-refractivity contribution in [2.24, 2.45) is 0 Å². The molecule has 0 saturated heterocycles. The highest BCUT2D eigenvalue weighted by molar-refractivity contribution is 5.52. The molecule has 0 bridgehead atoms. The van der Waals surface area contributed by atoms with Crippen molar-refractivity contribution in [1.29, 1.82) is 0 Å². The van der Waals surface area contributed by atoms with Crippen LogP contribution in [-0.4, -0.2) is 28.4 Å². The van der Waals surface area contributed by atoms with Crippen LogP contribution in [-0.2, 0) is 0 Å². The maximum absolute atomic E-state index is 5.46. The second-order valence-electron chi connectivity index (χ2n) is 5.94. The van der Waals surface area contributed by atoms with E-state index in [1.807, 2.05) is 48.5 Å². The molecule has 0 radical (unpaired) electrons. The SMILES string of the molecule is COc1cc(OC)cc(C(c2cc[cH-]c2)c2cc(OC)cc(OC)c2)c1. The second-order valence-corrected chi connectivity index (χ2v) is 5.94. The summed E-state index contributed by atoms with van der Waals surface area (Å²) >= 11 is 0. The predicted octanol–water partition coefficient (Wildman–Crippen LogP) is 4.62. The van der Waals surface area contributed by atoms with Gasteiger partial charge in [0.15, 0.2) is 0 Å². The van der Waals surface area contributed by atoms with Gasteiger partial charge >= 0.3 is 0 Å². The minimum Gasteiger partial charge on any atom is -0.497 e. The Labute approximate surface area is 154 Å². The maximum Gasteiger partial charge on any atom is 0.122 e. The quantitative estimate of drug-likeness (QED) is 0.582. The molecule has 0 unspecified atom stereocenters. The molecular formula is C22H23O4-. The van der Waals surface area contributed by atoms with Gasteiger partial charge in [0.25, 0.3) is 0 Å². The number of hydrogen-bond acceptors (Lipinski definition) is 4. The van der Waals surface area contributed by atoms with Gasteiger partial charge < -0.3 is 18.9 Å². The van der Waals surface area contributed by atoms with Crippen LogP contribution in [0.5, 0.6) is 23.0 Å². The molecule has 0 heterocycles. The van der Waals surface area contributed by atoms with Crippen LogP contribution in [0.2, 0.25) is 0 Å². The smallest absolute Gasteiger partial charge is 0.122 e. The molecule has 0 saturated carbocycles. The van der Waals surface area contributed by atoms with Gasteiger partial charge in [0.2, 0.25) is 0 Å². The van der Waals surface area contributed by atoms with Crippen LogP contribution in [0.25, 0.3) is 0 Å². The largest absolute Gasteiger partial charge is 0.497 e. The van der Waals surface area contributed by atoms with Crippen molar-refractivity contribution in [3.8, 4) is 23.0 Å². The molecule has 0 aliphatic heterocycles. The average Bonchev–Trinajstić information content (AvgIpc) is 3.21. The van der Waals surface area contributed by atoms with Gasteiger partial charge in [-0.1, -0.05) is 0 Å². The molecule has 0 fully saturated rings. The van der Waals surface area contributed by atoms with E-state index in [1.54, 1.807) is 28.4 Å². The van der Waals surface area contributed by atoms with Crippen LogP contribution in [0.3, 0.4) is 0 Å². The first kappa shape index (κ1) is 17.8. The third kappa shape index (κ3) is 3.64. The maximum atomic E-state index is 5.46. The molecule has 0 N–H and O–H groups in total. The summed E-state index contributed by atoms with van der Waals surface area (Å²) in [4.78, 5) is 0. The topological polar surface area (TPSA) is 36.9 Å². The summed E-state index contributed by atoms with van der Waals surface area (Å²) in [6, 6.07) is 20.2. The van der Waals surface area contributed by atoms with Crippen molar-refractivity contribution in [3.63, 3.8) is 0 Å². The molecule has 0 atom stereocenters. The Morgan fingerprint density at radius 3 is 1.35 bits per heavy atom. The van der Waals surface area contributed by atoms with Gasteiger partial charge in [0.1, 0.15) is 23.0 Å². The lowest BCUT2D eigenvalue weighted by atomic mass is 9.86. The van der Waals surface area contributed by atoms with Crippen molar-refractivity contribution < 1.29 is 18.9 Å². The van der Waals surface area contributed by atoms with Gasteiger partial charge in [0, 0.05) is 12.1 Å². The number of methoxy groups -OCH3 is 4. The lowest BCUT2D eigenvalue weighted by molar-refractivity contribution is 0.392. The van der Waals surface area contributed by atoms with E-state index < -0.39 is 0 Å². The Morgan fingerprint density at radius 2 is 1.04 bits per heavy atom. The zero-order chi connectivity index (χ0) is 18.5. The van der Waals surface area contributed by atoms with Crippen molar-refractivity contribution in [2.45, 2.75) is 5.92 Å². The Morgan fingerprint density at radius 1 is 0.615 bits per heavy atom. The highest BCUT2D eigenvalue weighted by Gasteiger charge is 2.17. The van der Waals surface area contributed by atoms with E-state index in [4.69, 9.17) is 18.9 Å². The van der Waals surface area contributed by atoms with Crippen LogP contribution in [0.4, 0.5) is 0 Å². The zero-order valence-electron chi connectivity index (χ0n) is 15.5. The Hall–Kier alpha value is -3.01. The van der Waals surface area contributed by atoms with E-state index in [0.717, 1.165) is 34.1 Å². The predicted molar refractivity (Wildman–Crippen MR) is 102 cm³/mol.